The molecule has 0 spiro atoms. The smallest absolute Gasteiger partial charge is 0.204 e. The molecule has 1 amide bonds. The van der Waals surface area contributed by atoms with Gasteiger partial charge in [-0.1, -0.05) is 71.2 Å². The van der Waals surface area contributed by atoms with Crippen LogP contribution in [0.2, 0.25) is 0 Å². The minimum atomic E-state index is -0.750. The van der Waals surface area contributed by atoms with Crippen LogP contribution in [-0.2, 0) is 4.79 Å². The van der Waals surface area contributed by atoms with E-state index >= 15 is 0 Å². The highest BCUT2D eigenvalue weighted by molar-refractivity contribution is 6.63. The van der Waals surface area contributed by atoms with E-state index in [4.69, 9.17) is 39.6 Å². The Bertz CT molecular complexity index is 153. The van der Waals surface area contributed by atoms with Gasteiger partial charge < -0.3 is 5.73 Å². The molecule has 0 aromatic heterocycles. The summed E-state index contributed by atoms with van der Waals surface area (Å²) >= 11 is 14.4. The third-order valence-corrected chi connectivity index (χ3v) is 0.667. The van der Waals surface area contributed by atoms with Crippen molar-refractivity contribution in [2.24, 2.45) is 5.73 Å². The molecule has 74 valence electrons. The average molecular weight is 243 g/mol. The number of hydrogen-bond donors (Lipinski definition) is 1. The maximum Gasteiger partial charge on any atom is 0.204 e. The number of amides is 1. The molecule has 13 heavy (non-hydrogen) atoms. The number of nitrogens with two attached hydrogens (primary N) is 1. The monoisotopic (exact) mass is 241 g/mol. The van der Waals surface area contributed by atoms with E-state index in [1.165, 1.54) is 0 Å². The van der Waals surface area contributed by atoms with Gasteiger partial charge in [0, 0.05) is 0 Å². The van der Waals surface area contributed by atoms with Crippen molar-refractivity contribution in [1.82, 2.24) is 0 Å². The van der Waals surface area contributed by atoms with Crippen LogP contribution in [0.3, 0.4) is 0 Å². The maximum atomic E-state index is 8.58. The van der Waals surface area contributed by atoms with Crippen LogP contribution in [0.5, 0.6) is 0 Å². The van der Waals surface area contributed by atoms with Gasteiger partial charge >= 0.3 is 0 Å². The topological polar surface area (TPSA) is 43.1 Å². The molecule has 2 N–H and O–H groups in total. The van der Waals surface area contributed by atoms with Crippen molar-refractivity contribution in [1.29, 1.82) is 0 Å². The summed E-state index contributed by atoms with van der Waals surface area (Å²) in [6.45, 7) is 0. The quantitative estimate of drug-likeness (QED) is 0.552. The van der Waals surface area contributed by atoms with Crippen molar-refractivity contribution in [2.45, 2.75) is 4.30 Å². The van der Waals surface area contributed by atoms with Crippen LogP contribution >= 0.6 is 34.8 Å². The molecule has 5 heteroatoms. The first-order valence-corrected chi connectivity index (χ1v) is 4.53. The molecule has 0 aliphatic rings. The number of rotatable bonds is 0. The van der Waals surface area contributed by atoms with E-state index in [1.807, 2.05) is 36.4 Å². The van der Waals surface area contributed by atoms with Gasteiger partial charge in [-0.15, -0.1) is 0 Å². The Morgan fingerprint density at radius 2 is 1.00 bits per heavy atom. The number of carbonyl (C=O) groups is 1. The van der Waals surface area contributed by atoms with Gasteiger partial charge in [0.05, 0.1) is 0 Å². The van der Waals surface area contributed by atoms with Crippen LogP contribution in [0.15, 0.2) is 36.4 Å². The molecule has 0 saturated carbocycles. The standard InChI is InChI=1S/C6H6.CHCl3.CH3NO/c1-2-4-6-5-3-1;2-1(3)4;2-1-3/h1-6H;1H;1H,(H2,2,3). The highest BCUT2D eigenvalue weighted by Gasteiger charge is 1.78. The summed E-state index contributed by atoms with van der Waals surface area (Å²) in [5, 5.41) is 0. The van der Waals surface area contributed by atoms with E-state index in [-0.39, 0.29) is 6.41 Å². The van der Waals surface area contributed by atoms with E-state index in [0.717, 1.165) is 0 Å². The van der Waals surface area contributed by atoms with Crippen molar-refractivity contribution in [3.8, 4) is 0 Å². The third kappa shape index (κ3) is 34.2. The fourth-order valence-corrected chi connectivity index (χ4v) is 0.385. The van der Waals surface area contributed by atoms with Crippen molar-refractivity contribution in [3.63, 3.8) is 0 Å². The molecule has 1 aromatic carbocycles. The molecule has 0 radical (unpaired) electrons. The van der Waals surface area contributed by atoms with Crippen LogP contribution in [0.4, 0.5) is 0 Å². The second kappa shape index (κ2) is 14.1. The molecule has 0 fully saturated rings. The summed E-state index contributed by atoms with van der Waals surface area (Å²) in [4.78, 5) is 8.58. The number of alkyl halides is 3. The van der Waals surface area contributed by atoms with E-state index in [2.05, 4.69) is 5.73 Å². The predicted octanol–water partition coefficient (Wildman–Crippen LogP) is 2.77. The van der Waals surface area contributed by atoms with Gasteiger partial charge in [0.1, 0.15) is 0 Å². The minimum absolute atomic E-state index is 0.250. The lowest BCUT2D eigenvalue weighted by Gasteiger charge is -1.69. The molecular formula is C8H10Cl3NO. The SMILES string of the molecule is ClC(Cl)Cl.NC=O.c1ccccc1. The number of primary amides is 1. The number of halogens is 3. The number of benzene rings is 1. The number of hydrogen-bond acceptors (Lipinski definition) is 1. The lowest BCUT2D eigenvalue weighted by Crippen LogP contribution is -1.82. The first kappa shape index (κ1) is 15.1. The van der Waals surface area contributed by atoms with Gasteiger partial charge in [-0.2, -0.15) is 0 Å². The van der Waals surface area contributed by atoms with Crippen molar-refractivity contribution >= 4 is 41.2 Å². The molecular weight excluding hydrogens is 232 g/mol. The van der Waals surface area contributed by atoms with Crippen LogP contribution in [0.1, 0.15) is 0 Å². The van der Waals surface area contributed by atoms with Crippen LogP contribution in [-0.4, -0.2) is 10.7 Å². The predicted molar refractivity (Wildman–Crippen MR) is 58.0 cm³/mol. The Morgan fingerprint density at radius 3 is 1.08 bits per heavy atom. The van der Waals surface area contributed by atoms with Crippen molar-refractivity contribution in [2.75, 3.05) is 0 Å². The Labute approximate surface area is 92.6 Å². The summed E-state index contributed by atoms with van der Waals surface area (Å²) in [6.07, 6.45) is 0.250. The largest absolute Gasteiger partial charge is 0.372 e. The van der Waals surface area contributed by atoms with Crippen LogP contribution < -0.4 is 5.73 Å². The maximum absolute atomic E-state index is 8.58. The van der Waals surface area contributed by atoms with E-state index in [0.29, 0.717) is 0 Å². The zero-order valence-corrected chi connectivity index (χ0v) is 9.01. The van der Waals surface area contributed by atoms with Gasteiger partial charge in [0.25, 0.3) is 0 Å². The molecule has 0 atom stereocenters. The molecule has 0 aliphatic carbocycles. The summed E-state index contributed by atoms with van der Waals surface area (Å²) in [5.74, 6) is 0. The van der Waals surface area contributed by atoms with Gasteiger partial charge in [-0.25, -0.2) is 0 Å². The van der Waals surface area contributed by atoms with E-state index in [9.17, 15) is 0 Å². The van der Waals surface area contributed by atoms with Gasteiger partial charge in [0.2, 0.25) is 6.41 Å². The molecule has 2 nitrogen and oxygen atoms in total. The molecule has 0 bridgehead atoms. The molecule has 0 heterocycles. The summed E-state index contributed by atoms with van der Waals surface area (Å²) in [7, 11) is 0. The normalized spacial score (nSPS) is 7.38. The van der Waals surface area contributed by atoms with Crippen molar-refractivity contribution in [3.05, 3.63) is 36.4 Å². The lowest BCUT2D eigenvalue weighted by molar-refractivity contribution is -0.106. The fourth-order valence-electron chi connectivity index (χ4n) is 0.385. The zero-order chi connectivity index (χ0) is 10.5. The van der Waals surface area contributed by atoms with Gasteiger partial charge in [-0.3, -0.25) is 4.79 Å². The van der Waals surface area contributed by atoms with Crippen LogP contribution in [0, 0.1) is 0 Å². The molecule has 0 unspecified atom stereocenters. The number of carbonyl (C=O) groups excluding carboxylic acids is 1. The van der Waals surface area contributed by atoms with Gasteiger partial charge in [0.15, 0.2) is 4.30 Å². The first-order chi connectivity index (χ1) is 6.15. The van der Waals surface area contributed by atoms with Crippen molar-refractivity contribution < 1.29 is 4.79 Å². The molecule has 0 aliphatic heterocycles. The summed E-state index contributed by atoms with van der Waals surface area (Å²) in [5.41, 5.74) is 4.17. The molecule has 1 rings (SSSR count). The Morgan fingerprint density at radius 1 is 0.923 bits per heavy atom. The molecule has 1 aromatic rings. The minimum Gasteiger partial charge on any atom is -0.372 e. The van der Waals surface area contributed by atoms with E-state index in [1.54, 1.807) is 0 Å². The second-order valence-electron chi connectivity index (χ2n) is 1.54. The average Bonchev–Trinajstić information content (AvgIpc) is 2.08. The van der Waals surface area contributed by atoms with Gasteiger partial charge in [-0.05, 0) is 0 Å². The van der Waals surface area contributed by atoms with E-state index < -0.39 is 4.30 Å². The fraction of sp³-hybridized carbons (Fsp3) is 0.125. The Hall–Kier alpha value is -0.440. The summed E-state index contributed by atoms with van der Waals surface area (Å²) < 4.78 is -0.750. The third-order valence-electron chi connectivity index (χ3n) is 0.667. The lowest BCUT2D eigenvalue weighted by atomic mass is 10.4. The highest BCUT2D eigenvalue weighted by Crippen LogP contribution is 2.03. The van der Waals surface area contributed by atoms with Crippen LogP contribution in [0.25, 0.3) is 0 Å². The Balaban J connectivity index is 0. The second-order valence-corrected chi connectivity index (χ2v) is 3.52. The zero-order valence-electron chi connectivity index (χ0n) is 6.74. The Kier molecular flexibility index (Phi) is 16.3. The first-order valence-electron chi connectivity index (χ1n) is 3.22. The highest BCUT2D eigenvalue weighted by atomic mass is 35.6. The molecule has 0 saturated heterocycles. The summed E-state index contributed by atoms with van der Waals surface area (Å²) in [6, 6.07) is 12.0.